The Kier molecular flexibility index (Phi) is 19.1. The second kappa shape index (κ2) is 19.1. The van der Waals surface area contributed by atoms with Crippen LogP contribution in [0.2, 0.25) is 0 Å². The molecule has 1 rings (SSSR count). The van der Waals surface area contributed by atoms with Crippen LogP contribution in [-0.4, -0.2) is 83.4 Å². The van der Waals surface area contributed by atoms with Crippen molar-refractivity contribution in [2.45, 2.75) is 13.0 Å². The molecule has 0 unspecified atom stereocenters. The minimum atomic E-state index is -0.954. The number of nitrogens with zero attached hydrogens (tertiary/aromatic N) is 2. The fourth-order valence-corrected chi connectivity index (χ4v) is 1.24. The van der Waals surface area contributed by atoms with Gasteiger partial charge in [-0.05, 0) is 19.1 Å². The molecule has 1 aromatic carbocycles. The van der Waals surface area contributed by atoms with E-state index in [9.17, 15) is 9.59 Å². The van der Waals surface area contributed by atoms with Gasteiger partial charge in [0.15, 0.2) is 0 Å². The molecule has 0 aromatic heterocycles. The monoisotopic (exact) mass is 372 g/mol. The second-order valence-electron chi connectivity index (χ2n) is 4.41. The van der Waals surface area contributed by atoms with Crippen molar-refractivity contribution in [1.29, 1.82) is 0 Å². The topological polar surface area (TPSA) is 169 Å². The molecule has 0 amide bonds. The highest BCUT2D eigenvalue weighted by molar-refractivity contribution is 5.64. The number of benzene rings is 1. The average Bonchev–Trinajstić information content (AvgIpc) is 2.66. The lowest BCUT2D eigenvalue weighted by atomic mass is 10.1. The molecule has 0 aliphatic rings. The summed E-state index contributed by atoms with van der Waals surface area (Å²) in [7, 11) is 0. The van der Waals surface area contributed by atoms with Crippen LogP contribution in [0, 0.1) is 6.92 Å². The first kappa shape index (κ1) is 26.0. The summed E-state index contributed by atoms with van der Waals surface area (Å²) in [6.45, 7) is 1.68. The van der Waals surface area contributed by atoms with E-state index in [0.29, 0.717) is 30.2 Å². The van der Waals surface area contributed by atoms with Crippen LogP contribution in [0.4, 0.5) is 11.4 Å². The first-order chi connectivity index (χ1) is 12.5. The van der Waals surface area contributed by atoms with Crippen LogP contribution in [0.1, 0.15) is 5.56 Å². The summed E-state index contributed by atoms with van der Waals surface area (Å²) in [5.41, 5.74) is 1.59. The summed E-state index contributed by atoms with van der Waals surface area (Å²) < 4.78 is 4.63. The number of aliphatic hydroxyl groups excluding tert-OH is 5. The molecular weight excluding hydrogens is 348 g/mol. The van der Waals surface area contributed by atoms with Crippen molar-refractivity contribution >= 4 is 23.5 Å². The highest BCUT2D eigenvalue weighted by Gasteiger charge is 2.00. The van der Waals surface area contributed by atoms with Crippen LogP contribution in [0.5, 0.6) is 0 Å². The van der Waals surface area contributed by atoms with Gasteiger partial charge in [-0.25, -0.2) is 9.59 Å². The van der Waals surface area contributed by atoms with Gasteiger partial charge in [0, 0.05) is 5.56 Å². The third-order valence-electron chi connectivity index (χ3n) is 2.50. The lowest BCUT2D eigenvalue weighted by Gasteiger charge is -1.99. The third-order valence-corrected chi connectivity index (χ3v) is 2.50. The maximum Gasteiger partial charge on any atom is 0.240 e. The molecule has 5 N–H and O–H groups in total. The Morgan fingerprint density at radius 2 is 1.38 bits per heavy atom. The molecule has 10 nitrogen and oxygen atoms in total. The van der Waals surface area contributed by atoms with Gasteiger partial charge in [-0.15, -0.1) is 0 Å². The molecule has 1 aromatic rings. The van der Waals surface area contributed by atoms with E-state index in [4.69, 9.17) is 25.5 Å². The highest BCUT2D eigenvalue weighted by Crippen LogP contribution is 2.26. The number of carbonyl (C=O) groups excluding carboxylic acids is 2. The quantitative estimate of drug-likeness (QED) is 0.225. The Balaban J connectivity index is 0. The molecule has 0 fully saturated rings. The maximum atomic E-state index is 10.00. The van der Waals surface area contributed by atoms with Gasteiger partial charge in [0.2, 0.25) is 12.2 Å². The average molecular weight is 372 g/mol. The van der Waals surface area contributed by atoms with Crippen LogP contribution in [-0.2, 0) is 14.3 Å². The molecule has 0 saturated carbocycles. The Bertz CT molecular complexity index is 525. The van der Waals surface area contributed by atoms with Crippen molar-refractivity contribution in [1.82, 2.24) is 0 Å². The van der Waals surface area contributed by atoms with Gasteiger partial charge >= 0.3 is 0 Å². The predicted octanol–water partition coefficient (Wildman–Crippen LogP) is -0.751. The van der Waals surface area contributed by atoms with E-state index in [-0.39, 0.29) is 26.4 Å². The number of hydrogen-bond donors (Lipinski definition) is 5. The zero-order valence-electron chi connectivity index (χ0n) is 14.4. The van der Waals surface area contributed by atoms with E-state index >= 15 is 0 Å². The van der Waals surface area contributed by atoms with Gasteiger partial charge in [-0.3, -0.25) is 0 Å². The van der Waals surface area contributed by atoms with Crippen molar-refractivity contribution in [3.8, 4) is 0 Å². The fourth-order valence-electron chi connectivity index (χ4n) is 1.24. The molecule has 146 valence electrons. The van der Waals surface area contributed by atoms with Gasteiger partial charge in [-0.1, -0.05) is 6.07 Å². The standard InChI is InChI=1S/C9H6N2O2.C4H10O3.C3H8O3/c1-7-8(10-5-12)3-2-4-9(7)11-6-13;5-1-3-7-4-2-6;4-1-3(6)2-5/h2-4H,1H3;5-6H,1-4H2;3-6H,1-2H2. The van der Waals surface area contributed by atoms with Crippen molar-refractivity contribution in [2.24, 2.45) is 9.98 Å². The van der Waals surface area contributed by atoms with Gasteiger partial charge < -0.3 is 30.3 Å². The molecule has 0 radical (unpaired) electrons. The second-order valence-corrected chi connectivity index (χ2v) is 4.41. The van der Waals surface area contributed by atoms with Crippen molar-refractivity contribution in [3.05, 3.63) is 23.8 Å². The molecule has 0 aliphatic heterocycles. The molecule has 0 aliphatic carbocycles. The van der Waals surface area contributed by atoms with Crippen LogP contribution >= 0.6 is 0 Å². The minimum Gasteiger partial charge on any atom is -0.394 e. The molecule has 0 spiro atoms. The number of ether oxygens (including phenoxy) is 1. The zero-order chi connectivity index (χ0) is 20.2. The van der Waals surface area contributed by atoms with Crippen molar-refractivity contribution in [2.75, 3.05) is 39.6 Å². The Hall–Kier alpha value is -2.26. The van der Waals surface area contributed by atoms with Gasteiger partial charge in [-0.2, -0.15) is 9.98 Å². The van der Waals surface area contributed by atoms with E-state index in [1.807, 2.05) is 0 Å². The normalized spacial score (nSPS) is 9.04. The van der Waals surface area contributed by atoms with Crippen LogP contribution < -0.4 is 0 Å². The Morgan fingerprint density at radius 1 is 0.962 bits per heavy atom. The van der Waals surface area contributed by atoms with E-state index < -0.39 is 6.10 Å². The van der Waals surface area contributed by atoms with Crippen LogP contribution in [0.15, 0.2) is 28.2 Å². The Morgan fingerprint density at radius 3 is 1.65 bits per heavy atom. The van der Waals surface area contributed by atoms with Gasteiger partial charge in [0.05, 0.1) is 51.0 Å². The minimum absolute atomic E-state index is 0.0278. The summed E-state index contributed by atoms with van der Waals surface area (Å²) in [5, 5.41) is 40.2. The van der Waals surface area contributed by atoms with Crippen LogP contribution in [0.25, 0.3) is 0 Å². The fraction of sp³-hybridized carbons (Fsp3) is 0.500. The lowest BCUT2D eigenvalue weighted by molar-refractivity contribution is 0.0450. The molecular formula is C16H24N2O8. The lowest BCUT2D eigenvalue weighted by Crippen LogP contribution is -2.15. The first-order valence-electron chi connectivity index (χ1n) is 7.46. The summed E-state index contributed by atoms with van der Waals surface area (Å²) >= 11 is 0. The molecule has 0 bridgehead atoms. The largest absolute Gasteiger partial charge is 0.394 e. The molecule has 26 heavy (non-hydrogen) atoms. The molecule has 0 saturated heterocycles. The van der Waals surface area contributed by atoms with Crippen molar-refractivity contribution < 1.29 is 39.9 Å². The number of rotatable bonds is 8. The van der Waals surface area contributed by atoms with E-state index in [1.54, 1.807) is 25.1 Å². The zero-order valence-corrected chi connectivity index (χ0v) is 14.4. The summed E-state index contributed by atoms with van der Waals surface area (Å²) in [6.07, 6.45) is 1.90. The SMILES string of the molecule is Cc1c(N=C=O)cccc1N=C=O.OCC(O)CO.OCCOCCO. The number of aliphatic hydroxyl groups is 5. The molecule has 0 atom stereocenters. The number of aliphatic imine (C=N–C) groups is 2. The van der Waals surface area contributed by atoms with Crippen molar-refractivity contribution in [3.63, 3.8) is 0 Å². The van der Waals surface area contributed by atoms with E-state index in [2.05, 4.69) is 14.7 Å². The highest BCUT2D eigenvalue weighted by atomic mass is 16.5. The molecule has 0 heterocycles. The molecule has 10 heteroatoms. The Labute approximate surface area is 150 Å². The smallest absolute Gasteiger partial charge is 0.240 e. The third kappa shape index (κ3) is 14.1. The van der Waals surface area contributed by atoms with Crippen LogP contribution in [0.3, 0.4) is 0 Å². The number of isocyanates is 2. The maximum absolute atomic E-state index is 10.00. The van der Waals surface area contributed by atoms with E-state index in [0.717, 1.165) is 0 Å². The summed E-state index contributed by atoms with van der Waals surface area (Å²) in [5.74, 6) is 0. The summed E-state index contributed by atoms with van der Waals surface area (Å²) in [6, 6.07) is 4.94. The predicted molar refractivity (Wildman–Crippen MR) is 91.9 cm³/mol. The summed E-state index contributed by atoms with van der Waals surface area (Å²) in [4.78, 5) is 26.9. The first-order valence-corrected chi connectivity index (χ1v) is 7.46. The van der Waals surface area contributed by atoms with Gasteiger partial charge in [0.25, 0.3) is 0 Å². The number of hydrogen-bond acceptors (Lipinski definition) is 10. The van der Waals surface area contributed by atoms with Gasteiger partial charge in [0.1, 0.15) is 6.10 Å². The van der Waals surface area contributed by atoms with E-state index in [1.165, 1.54) is 12.2 Å².